The van der Waals surface area contributed by atoms with E-state index >= 15 is 0 Å². The highest BCUT2D eigenvalue weighted by Gasteiger charge is 2.24. The van der Waals surface area contributed by atoms with Gasteiger partial charge in [0, 0.05) is 11.1 Å². The third-order valence-electron chi connectivity index (χ3n) is 3.82. The summed E-state index contributed by atoms with van der Waals surface area (Å²) in [7, 11) is 0. The first-order valence-corrected chi connectivity index (χ1v) is 8.22. The van der Waals surface area contributed by atoms with Gasteiger partial charge in [0.2, 0.25) is 0 Å². The normalized spacial score (nSPS) is 15.1. The van der Waals surface area contributed by atoms with Crippen LogP contribution in [-0.2, 0) is 9.53 Å². The lowest BCUT2D eigenvalue weighted by atomic mass is 9.95. The predicted molar refractivity (Wildman–Crippen MR) is 99.8 cm³/mol. The van der Waals surface area contributed by atoms with Gasteiger partial charge in [-0.2, -0.15) is 10.4 Å². The zero-order valence-electron chi connectivity index (χ0n) is 14.3. The average Bonchev–Trinajstić information content (AvgIpc) is 2.70. The Hall–Kier alpha value is -3.65. The molecule has 128 valence electrons. The standard InChI is InChI=1S/C21H17N3O2/c1-2-26-21(25)18(14-22)17-13-19(15-9-5-3-6-10-15)23-24-20(17)16-11-7-4-8-12-16/h3-13,23H,2H2,1H3/b18-17-. The summed E-state index contributed by atoms with van der Waals surface area (Å²) >= 11 is 0. The lowest BCUT2D eigenvalue weighted by Crippen LogP contribution is -2.21. The first-order chi connectivity index (χ1) is 12.7. The van der Waals surface area contributed by atoms with E-state index in [1.807, 2.05) is 66.7 Å². The van der Waals surface area contributed by atoms with Crippen molar-refractivity contribution in [2.45, 2.75) is 6.92 Å². The van der Waals surface area contributed by atoms with Crippen LogP contribution in [0.1, 0.15) is 18.1 Å². The Morgan fingerprint density at radius 3 is 2.27 bits per heavy atom. The molecule has 5 heteroatoms. The number of nitriles is 1. The minimum atomic E-state index is -0.654. The highest BCUT2D eigenvalue weighted by Crippen LogP contribution is 2.24. The average molecular weight is 343 g/mol. The number of nitrogens with zero attached hydrogens (tertiary/aromatic N) is 2. The molecule has 0 unspecified atom stereocenters. The van der Waals surface area contributed by atoms with Gasteiger partial charge in [0.05, 0.1) is 18.0 Å². The summed E-state index contributed by atoms with van der Waals surface area (Å²) in [5.41, 5.74) is 6.33. The molecule has 1 N–H and O–H groups in total. The number of benzene rings is 2. The fourth-order valence-electron chi connectivity index (χ4n) is 2.61. The van der Waals surface area contributed by atoms with Gasteiger partial charge in [-0.25, -0.2) is 4.79 Å². The van der Waals surface area contributed by atoms with Crippen molar-refractivity contribution in [3.63, 3.8) is 0 Å². The van der Waals surface area contributed by atoms with Crippen molar-refractivity contribution in [3.8, 4) is 6.07 Å². The molecule has 2 aromatic carbocycles. The van der Waals surface area contributed by atoms with Crippen LogP contribution in [0.5, 0.6) is 0 Å². The Morgan fingerprint density at radius 1 is 1.08 bits per heavy atom. The van der Waals surface area contributed by atoms with Crippen LogP contribution in [0.3, 0.4) is 0 Å². The summed E-state index contributed by atoms with van der Waals surface area (Å²) in [6, 6.07) is 21.0. The van der Waals surface area contributed by atoms with Gasteiger partial charge in [0.15, 0.2) is 0 Å². The summed E-state index contributed by atoms with van der Waals surface area (Å²) in [5.74, 6) is -0.654. The maximum absolute atomic E-state index is 12.3. The predicted octanol–water partition coefficient (Wildman–Crippen LogP) is 3.42. The largest absolute Gasteiger partial charge is 0.462 e. The number of nitrogens with one attached hydrogen (secondary N) is 1. The highest BCUT2D eigenvalue weighted by atomic mass is 16.5. The molecule has 0 aliphatic carbocycles. The maximum atomic E-state index is 12.3. The number of hydrazone groups is 1. The third-order valence-corrected chi connectivity index (χ3v) is 3.82. The molecule has 0 saturated carbocycles. The molecule has 0 spiro atoms. The van der Waals surface area contributed by atoms with Crippen LogP contribution < -0.4 is 5.43 Å². The summed E-state index contributed by atoms with van der Waals surface area (Å²) in [6.45, 7) is 1.90. The molecule has 0 amide bonds. The number of carbonyl (C=O) groups excluding carboxylic acids is 1. The molecule has 2 aromatic rings. The Balaban J connectivity index is 2.14. The molecule has 3 rings (SSSR count). The summed E-state index contributed by atoms with van der Waals surface area (Å²) < 4.78 is 5.05. The molecule has 0 bridgehead atoms. The Morgan fingerprint density at radius 2 is 1.69 bits per heavy atom. The Kier molecular flexibility index (Phi) is 5.25. The quantitative estimate of drug-likeness (QED) is 0.524. The fourth-order valence-corrected chi connectivity index (χ4v) is 2.61. The van der Waals surface area contributed by atoms with E-state index in [9.17, 15) is 10.1 Å². The molecule has 5 nitrogen and oxygen atoms in total. The second kappa shape index (κ2) is 7.95. The molecule has 1 heterocycles. The van der Waals surface area contributed by atoms with E-state index in [1.165, 1.54) is 0 Å². The van der Waals surface area contributed by atoms with E-state index < -0.39 is 5.97 Å². The van der Waals surface area contributed by atoms with Gasteiger partial charge in [-0.3, -0.25) is 5.43 Å². The number of ether oxygens (including phenoxy) is 1. The van der Waals surface area contributed by atoms with E-state index in [-0.39, 0.29) is 12.2 Å². The Labute approximate surface area is 151 Å². The van der Waals surface area contributed by atoms with Gasteiger partial charge in [0.1, 0.15) is 11.6 Å². The molecular formula is C21H17N3O2. The molecule has 0 atom stereocenters. The molecule has 0 saturated heterocycles. The smallest absolute Gasteiger partial charge is 0.349 e. The fraction of sp³-hybridized carbons (Fsp3) is 0.0952. The second-order valence-electron chi connectivity index (χ2n) is 5.48. The van der Waals surface area contributed by atoms with Crippen molar-refractivity contribution in [2.24, 2.45) is 5.10 Å². The number of hydrogen-bond acceptors (Lipinski definition) is 5. The van der Waals surface area contributed by atoms with Crippen molar-refractivity contribution in [3.05, 3.63) is 89.0 Å². The van der Waals surface area contributed by atoms with Gasteiger partial charge in [-0.05, 0) is 18.6 Å². The van der Waals surface area contributed by atoms with Gasteiger partial charge in [-0.1, -0.05) is 60.7 Å². The SMILES string of the molecule is CCOC(=O)/C(C#N)=C1/C=C(c2ccccc2)NN=C1c1ccccc1. The maximum Gasteiger partial charge on any atom is 0.349 e. The van der Waals surface area contributed by atoms with Crippen LogP contribution in [0, 0.1) is 11.3 Å². The second-order valence-corrected chi connectivity index (χ2v) is 5.48. The van der Waals surface area contributed by atoms with Gasteiger partial charge < -0.3 is 4.74 Å². The molecule has 1 aliphatic heterocycles. The van der Waals surface area contributed by atoms with Crippen molar-refractivity contribution >= 4 is 17.4 Å². The number of hydrogen-bond donors (Lipinski definition) is 1. The molecular weight excluding hydrogens is 326 g/mol. The lowest BCUT2D eigenvalue weighted by molar-refractivity contribution is -0.138. The van der Waals surface area contributed by atoms with Crippen molar-refractivity contribution in [1.82, 2.24) is 5.43 Å². The zero-order chi connectivity index (χ0) is 18.4. The zero-order valence-corrected chi connectivity index (χ0v) is 14.3. The van der Waals surface area contributed by atoms with Crippen LogP contribution in [0.25, 0.3) is 5.70 Å². The summed E-state index contributed by atoms with van der Waals surface area (Å²) in [6.07, 6.45) is 1.76. The van der Waals surface area contributed by atoms with Crippen LogP contribution in [0.2, 0.25) is 0 Å². The number of esters is 1. The molecule has 26 heavy (non-hydrogen) atoms. The van der Waals surface area contributed by atoms with E-state index in [0.717, 1.165) is 11.1 Å². The van der Waals surface area contributed by atoms with E-state index in [1.54, 1.807) is 13.0 Å². The first-order valence-electron chi connectivity index (χ1n) is 8.22. The number of carbonyl (C=O) groups is 1. The monoisotopic (exact) mass is 343 g/mol. The minimum Gasteiger partial charge on any atom is -0.462 e. The number of allylic oxidation sites excluding steroid dienone is 2. The molecule has 0 aromatic heterocycles. The van der Waals surface area contributed by atoms with E-state index in [0.29, 0.717) is 17.0 Å². The molecule has 0 radical (unpaired) electrons. The van der Waals surface area contributed by atoms with Crippen LogP contribution in [0.4, 0.5) is 0 Å². The van der Waals surface area contributed by atoms with Gasteiger partial charge in [-0.15, -0.1) is 0 Å². The Bertz CT molecular complexity index is 936. The van der Waals surface area contributed by atoms with Crippen molar-refractivity contribution in [2.75, 3.05) is 6.61 Å². The van der Waals surface area contributed by atoms with E-state index in [2.05, 4.69) is 10.5 Å². The highest BCUT2D eigenvalue weighted by molar-refractivity contribution is 6.20. The van der Waals surface area contributed by atoms with Crippen LogP contribution in [-0.4, -0.2) is 18.3 Å². The molecule has 1 aliphatic rings. The topological polar surface area (TPSA) is 74.5 Å². The minimum absolute atomic E-state index is 0.0654. The van der Waals surface area contributed by atoms with Crippen molar-refractivity contribution < 1.29 is 9.53 Å². The first kappa shape index (κ1) is 17.2. The third kappa shape index (κ3) is 3.55. The number of rotatable bonds is 4. The van der Waals surface area contributed by atoms with Crippen molar-refractivity contribution in [1.29, 1.82) is 5.26 Å². The van der Waals surface area contributed by atoms with E-state index in [4.69, 9.17) is 4.74 Å². The van der Waals surface area contributed by atoms with Gasteiger partial charge in [0.25, 0.3) is 0 Å². The summed E-state index contributed by atoms with van der Waals surface area (Å²) in [5, 5.41) is 14.0. The van der Waals surface area contributed by atoms with Crippen LogP contribution in [0.15, 0.2) is 83.0 Å². The molecule has 0 fully saturated rings. The van der Waals surface area contributed by atoms with Gasteiger partial charge >= 0.3 is 5.97 Å². The summed E-state index contributed by atoms with van der Waals surface area (Å²) in [4.78, 5) is 12.3. The lowest BCUT2D eigenvalue weighted by Gasteiger charge is -2.18. The van der Waals surface area contributed by atoms with Crippen LogP contribution >= 0.6 is 0 Å².